The van der Waals surface area contributed by atoms with Crippen LogP contribution >= 0.6 is 11.3 Å². The molecule has 0 saturated carbocycles. The highest BCUT2D eigenvalue weighted by Gasteiger charge is 2.19. The molecule has 1 heterocycles. The molecule has 2 nitrogen and oxygen atoms in total. The average Bonchev–Trinajstić information content (AvgIpc) is 2.57. The maximum Gasteiger partial charge on any atom is 0.180 e. The van der Waals surface area contributed by atoms with Crippen molar-refractivity contribution < 1.29 is 0 Å². The summed E-state index contributed by atoms with van der Waals surface area (Å²) >= 11 is 1.64. The van der Waals surface area contributed by atoms with Crippen molar-refractivity contribution in [2.75, 3.05) is 5.73 Å². The maximum atomic E-state index is 5.84. The largest absolute Gasteiger partial charge is 0.375 e. The van der Waals surface area contributed by atoms with Gasteiger partial charge in [-0.1, -0.05) is 6.07 Å². The normalized spacial score (nSPS) is 14.0. The first-order chi connectivity index (χ1) is 8.15. The number of nitrogens with two attached hydrogens (primary N) is 1. The van der Waals surface area contributed by atoms with Crippen LogP contribution < -0.4 is 5.73 Å². The maximum absolute atomic E-state index is 5.84. The number of aryl methyl sites for hydroxylation is 4. The first-order valence-corrected chi connectivity index (χ1v) is 6.82. The molecule has 1 aromatic heterocycles. The van der Waals surface area contributed by atoms with Gasteiger partial charge >= 0.3 is 0 Å². The van der Waals surface area contributed by atoms with Crippen LogP contribution in [0.1, 0.15) is 28.0 Å². The first kappa shape index (κ1) is 10.8. The molecule has 0 saturated heterocycles. The Morgan fingerprint density at radius 2 is 1.94 bits per heavy atom. The molecule has 3 rings (SSSR count). The number of nitrogen functional groups attached to an aromatic ring is 1. The van der Waals surface area contributed by atoms with Crippen LogP contribution in [0.15, 0.2) is 12.1 Å². The van der Waals surface area contributed by atoms with Gasteiger partial charge in [-0.3, -0.25) is 0 Å². The Morgan fingerprint density at radius 3 is 2.76 bits per heavy atom. The summed E-state index contributed by atoms with van der Waals surface area (Å²) in [7, 11) is 0. The number of rotatable bonds is 0. The molecule has 3 heteroatoms. The van der Waals surface area contributed by atoms with Crippen LogP contribution in [0.2, 0.25) is 0 Å². The van der Waals surface area contributed by atoms with Crippen molar-refractivity contribution in [3.8, 4) is 11.3 Å². The second-order valence-electron chi connectivity index (χ2n) is 4.77. The highest BCUT2D eigenvalue weighted by Crippen LogP contribution is 2.37. The summed E-state index contributed by atoms with van der Waals surface area (Å²) in [5, 5.41) is 0.695. The molecule has 0 bridgehead atoms. The molecule has 1 aliphatic rings. The summed E-state index contributed by atoms with van der Waals surface area (Å²) < 4.78 is 0. The fraction of sp³-hybridized carbons (Fsp3) is 0.357. The third kappa shape index (κ3) is 1.75. The second-order valence-corrected chi connectivity index (χ2v) is 5.89. The lowest BCUT2D eigenvalue weighted by molar-refractivity contribution is 0.842. The summed E-state index contributed by atoms with van der Waals surface area (Å²) in [6, 6.07) is 4.59. The molecule has 0 amide bonds. The van der Waals surface area contributed by atoms with Gasteiger partial charge in [-0.25, -0.2) is 4.98 Å². The Hall–Kier alpha value is -1.35. The fourth-order valence-corrected chi connectivity index (χ4v) is 3.38. The predicted molar refractivity (Wildman–Crippen MR) is 73.5 cm³/mol. The number of hydrogen-bond donors (Lipinski definition) is 1. The van der Waals surface area contributed by atoms with E-state index in [1.807, 2.05) is 0 Å². The monoisotopic (exact) mass is 244 g/mol. The lowest BCUT2D eigenvalue weighted by atomic mass is 9.97. The van der Waals surface area contributed by atoms with E-state index in [-0.39, 0.29) is 0 Å². The van der Waals surface area contributed by atoms with Gasteiger partial charge in [0, 0.05) is 10.4 Å². The van der Waals surface area contributed by atoms with Crippen molar-refractivity contribution in [3.63, 3.8) is 0 Å². The number of aromatic nitrogens is 1. The topological polar surface area (TPSA) is 38.9 Å². The van der Waals surface area contributed by atoms with E-state index < -0.39 is 0 Å². The smallest absolute Gasteiger partial charge is 0.180 e. The molecule has 1 aliphatic carbocycles. The summed E-state index contributed by atoms with van der Waals surface area (Å²) in [4.78, 5) is 5.87. The molecule has 88 valence electrons. The molecule has 2 N–H and O–H groups in total. The van der Waals surface area contributed by atoms with Crippen LogP contribution in [0.25, 0.3) is 11.3 Å². The zero-order valence-electron chi connectivity index (χ0n) is 10.2. The van der Waals surface area contributed by atoms with Crippen LogP contribution in [0, 0.1) is 13.8 Å². The average molecular weight is 244 g/mol. The Labute approximate surface area is 106 Å². The zero-order valence-corrected chi connectivity index (χ0v) is 11.0. The van der Waals surface area contributed by atoms with Crippen molar-refractivity contribution in [1.29, 1.82) is 0 Å². The molecule has 0 radical (unpaired) electrons. The van der Waals surface area contributed by atoms with E-state index in [0.717, 1.165) is 18.5 Å². The summed E-state index contributed by atoms with van der Waals surface area (Å²) in [6.45, 7) is 4.34. The Balaban J connectivity index is 2.27. The summed E-state index contributed by atoms with van der Waals surface area (Å²) in [5.41, 5.74) is 12.4. The third-order valence-corrected chi connectivity index (χ3v) is 4.48. The second kappa shape index (κ2) is 3.84. The number of benzene rings is 1. The van der Waals surface area contributed by atoms with Crippen molar-refractivity contribution in [2.24, 2.45) is 0 Å². The van der Waals surface area contributed by atoms with Gasteiger partial charge in [-0.15, -0.1) is 11.3 Å². The number of hydrogen-bond acceptors (Lipinski definition) is 3. The standard InChI is InChI=1S/C14H16N2S/c1-8-6-10-4-3-5-12-13(16-14(15)17-12)11(10)7-9(8)2/h6-7H,3-5H2,1-2H3,(H2,15,16). The third-order valence-electron chi connectivity index (χ3n) is 3.54. The van der Waals surface area contributed by atoms with Crippen molar-refractivity contribution in [1.82, 2.24) is 4.98 Å². The molecule has 2 aromatic rings. The minimum Gasteiger partial charge on any atom is -0.375 e. The molecular formula is C14H16N2S. The van der Waals surface area contributed by atoms with Crippen LogP contribution in [0.4, 0.5) is 5.13 Å². The highest BCUT2D eigenvalue weighted by atomic mass is 32.1. The van der Waals surface area contributed by atoms with Crippen LogP contribution in [-0.2, 0) is 12.8 Å². The number of fused-ring (bicyclic) bond motifs is 3. The molecule has 0 fully saturated rings. The van der Waals surface area contributed by atoms with Gasteiger partial charge in [0.25, 0.3) is 0 Å². The molecule has 0 atom stereocenters. The fourth-order valence-electron chi connectivity index (χ4n) is 2.49. The molecular weight excluding hydrogens is 228 g/mol. The lowest BCUT2D eigenvalue weighted by Gasteiger charge is -2.09. The predicted octanol–water partition coefficient (Wildman–Crippen LogP) is 3.50. The van der Waals surface area contributed by atoms with E-state index in [1.165, 1.54) is 33.6 Å². The van der Waals surface area contributed by atoms with E-state index >= 15 is 0 Å². The number of anilines is 1. The lowest BCUT2D eigenvalue weighted by Crippen LogP contribution is -1.93. The van der Waals surface area contributed by atoms with Crippen molar-refractivity contribution >= 4 is 16.5 Å². The van der Waals surface area contributed by atoms with Crippen LogP contribution in [0.3, 0.4) is 0 Å². The van der Waals surface area contributed by atoms with Crippen molar-refractivity contribution in [2.45, 2.75) is 33.1 Å². The number of nitrogens with zero attached hydrogens (tertiary/aromatic N) is 1. The van der Waals surface area contributed by atoms with E-state index in [2.05, 4.69) is 31.0 Å². The molecule has 0 aliphatic heterocycles. The van der Waals surface area contributed by atoms with Crippen LogP contribution in [0.5, 0.6) is 0 Å². The minimum absolute atomic E-state index is 0.695. The van der Waals surface area contributed by atoms with E-state index in [1.54, 1.807) is 11.3 Å². The van der Waals surface area contributed by atoms with Gasteiger partial charge in [0.15, 0.2) is 5.13 Å². The summed E-state index contributed by atoms with van der Waals surface area (Å²) in [6.07, 6.45) is 3.46. The van der Waals surface area contributed by atoms with Gasteiger partial charge in [0.2, 0.25) is 0 Å². The Morgan fingerprint density at radius 1 is 1.18 bits per heavy atom. The van der Waals surface area contributed by atoms with Crippen LogP contribution in [-0.4, -0.2) is 4.98 Å². The van der Waals surface area contributed by atoms with Gasteiger partial charge < -0.3 is 5.73 Å². The summed E-state index contributed by atoms with van der Waals surface area (Å²) in [5.74, 6) is 0. The van der Waals surface area contributed by atoms with E-state index in [9.17, 15) is 0 Å². The van der Waals surface area contributed by atoms with Gasteiger partial charge in [-0.05, 0) is 55.9 Å². The van der Waals surface area contributed by atoms with Gasteiger partial charge in [0.05, 0.1) is 5.69 Å². The quantitative estimate of drug-likeness (QED) is 0.770. The molecule has 1 aromatic carbocycles. The first-order valence-electron chi connectivity index (χ1n) is 6.01. The number of thiazole rings is 1. The van der Waals surface area contributed by atoms with Crippen molar-refractivity contribution in [3.05, 3.63) is 33.7 Å². The van der Waals surface area contributed by atoms with Gasteiger partial charge in [-0.2, -0.15) is 0 Å². The highest BCUT2D eigenvalue weighted by molar-refractivity contribution is 7.15. The zero-order chi connectivity index (χ0) is 12.0. The molecule has 0 spiro atoms. The Bertz CT molecular complexity index is 584. The SMILES string of the molecule is Cc1cc2c(cc1C)-c1nc(N)sc1CCC2. The van der Waals surface area contributed by atoms with E-state index in [0.29, 0.717) is 5.13 Å². The molecule has 0 unspecified atom stereocenters. The molecule has 17 heavy (non-hydrogen) atoms. The Kier molecular flexibility index (Phi) is 2.44. The van der Waals surface area contributed by atoms with Gasteiger partial charge in [0.1, 0.15) is 0 Å². The van der Waals surface area contributed by atoms with E-state index in [4.69, 9.17) is 5.73 Å². The minimum atomic E-state index is 0.695.